The quantitative estimate of drug-likeness (QED) is 0.453. The Morgan fingerprint density at radius 3 is 2.32 bits per heavy atom. The Labute approximate surface area is 198 Å². The summed E-state index contributed by atoms with van der Waals surface area (Å²) in [5.41, 5.74) is 7.55. The molecule has 2 saturated heterocycles. The number of nitrogens with two attached hydrogens (primary N) is 1. The summed E-state index contributed by atoms with van der Waals surface area (Å²) in [7, 11) is 0. The Kier molecular flexibility index (Phi) is 5.90. The van der Waals surface area contributed by atoms with Gasteiger partial charge in [0.2, 0.25) is 0 Å². The lowest BCUT2D eigenvalue weighted by molar-refractivity contribution is 0.0552. The van der Waals surface area contributed by atoms with Gasteiger partial charge in [-0.25, -0.2) is 4.79 Å². The number of nitrogens with one attached hydrogen (secondary N) is 1. The first-order valence-corrected chi connectivity index (χ1v) is 11.4. The summed E-state index contributed by atoms with van der Waals surface area (Å²) in [4.78, 5) is 31.2. The minimum atomic E-state index is -0.370. The number of piperazine rings is 1. The number of hydrogen-bond donors (Lipinski definition) is 2. The number of hydrogen-bond acceptors (Lipinski definition) is 5. The van der Waals surface area contributed by atoms with Crippen LogP contribution in [0.15, 0.2) is 66.7 Å². The zero-order chi connectivity index (χ0) is 23.7. The molecule has 2 aliphatic rings. The van der Waals surface area contributed by atoms with Crippen LogP contribution in [-0.4, -0.2) is 73.0 Å². The van der Waals surface area contributed by atoms with Gasteiger partial charge in [-0.15, -0.1) is 0 Å². The fraction of sp³-hybridized carbons (Fsp3) is 0.269. The molecule has 0 radical (unpaired) electrons. The van der Waals surface area contributed by atoms with Crippen molar-refractivity contribution in [3.05, 3.63) is 77.9 Å². The minimum Gasteiger partial charge on any atom is -0.443 e. The number of carbonyl (C=O) groups is 2. The van der Waals surface area contributed by atoms with E-state index < -0.39 is 0 Å². The van der Waals surface area contributed by atoms with Crippen LogP contribution >= 0.6 is 0 Å². The second kappa shape index (κ2) is 9.15. The lowest BCUT2D eigenvalue weighted by Crippen LogP contribution is -2.50. The molecule has 174 valence electrons. The maximum Gasteiger partial charge on any atom is 0.414 e. The number of carbonyl (C=O) groups excluding carboxylic acids is 2. The molecule has 2 fully saturated rings. The van der Waals surface area contributed by atoms with Crippen molar-refractivity contribution in [2.24, 2.45) is 5.73 Å². The van der Waals surface area contributed by atoms with Gasteiger partial charge in [-0.3, -0.25) is 20.0 Å². The van der Waals surface area contributed by atoms with Gasteiger partial charge in [-0.1, -0.05) is 30.3 Å². The Bertz CT molecular complexity index is 1230. The van der Waals surface area contributed by atoms with Gasteiger partial charge in [0.05, 0.1) is 6.54 Å². The summed E-state index contributed by atoms with van der Waals surface area (Å²) in [5, 5.41) is 9.68. The van der Waals surface area contributed by atoms with Crippen LogP contribution < -0.4 is 10.6 Å². The molecule has 8 heteroatoms. The second-order valence-electron chi connectivity index (χ2n) is 8.73. The van der Waals surface area contributed by atoms with E-state index in [-0.39, 0.29) is 23.9 Å². The fourth-order valence-electron chi connectivity index (χ4n) is 4.57. The lowest BCUT2D eigenvalue weighted by Gasteiger charge is -2.35. The van der Waals surface area contributed by atoms with Gasteiger partial charge in [-0.05, 0) is 47.2 Å². The topological polar surface area (TPSA) is 103 Å². The molecule has 0 spiro atoms. The Morgan fingerprint density at radius 2 is 1.62 bits per heavy atom. The number of fused-ring (bicyclic) bond motifs is 1. The summed E-state index contributed by atoms with van der Waals surface area (Å²) in [6.07, 6.45) is -0.603. The number of nitrogens with zero attached hydrogens (tertiary/aromatic N) is 3. The summed E-state index contributed by atoms with van der Waals surface area (Å²) >= 11 is 0. The van der Waals surface area contributed by atoms with Crippen LogP contribution in [-0.2, 0) is 4.74 Å². The molecule has 34 heavy (non-hydrogen) atoms. The molecular formula is C26H27N5O3. The van der Waals surface area contributed by atoms with E-state index in [0.717, 1.165) is 29.5 Å². The molecule has 3 aromatic rings. The third-order valence-electron chi connectivity index (χ3n) is 6.48. The average molecular weight is 458 g/mol. The van der Waals surface area contributed by atoms with Gasteiger partial charge < -0.3 is 15.4 Å². The fourth-order valence-corrected chi connectivity index (χ4v) is 4.57. The first kappa shape index (κ1) is 21.9. The van der Waals surface area contributed by atoms with Crippen molar-refractivity contribution < 1.29 is 14.3 Å². The summed E-state index contributed by atoms with van der Waals surface area (Å²) in [5.74, 6) is 0.0459. The molecule has 0 saturated carbocycles. The largest absolute Gasteiger partial charge is 0.443 e. The van der Waals surface area contributed by atoms with E-state index in [1.165, 1.54) is 0 Å². The molecule has 3 N–H and O–H groups in total. The van der Waals surface area contributed by atoms with E-state index >= 15 is 0 Å². The van der Waals surface area contributed by atoms with Crippen LogP contribution in [0.5, 0.6) is 0 Å². The van der Waals surface area contributed by atoms with Crippen molar-refractivity contribution in [1.29, 1.82) is 5.41 Å². The predicted octanol–water partition coefficient (Wildman–Crippen LogP) is 2.91. The maximum absolute atomic E-state index is 13.0. The number of rotatable bonds is 5. The molecular weight excluding hydrogens is 430 g/mol. The molecule has 2 aliphatic heterocycles. The number of benzene rings is 3. The van der Waals surface area contributed by atoms with Crippen LogP contribution in [0, 0.1) is 5.41 Å². The van der Waals surface area contributed by atoms with Gasteiger partial charge in [0.25, 0.3) is 5.91 Å². The third-order valence-corrected chi connectivity index (χ3v) is 6.48. The lowest BCUT2D eigenvalue weighted by atomic mass is 10.1. The SMILES string of the molecule is N=C(N)c1ccc(N2CC(CN3CCN(C(=O)c4ccc5ccccc5c4)CC3)OC2=O)cc1. The van der Waals surface area contributed by atoms with Gasteiger partial charge in [0.15, 0.2) is 0 Å². The molecule has 0 aliphatic carbocycles. The van der Waals surface area contributed by atoms with E-state index in [0.29, 0.717) is 37.3 Å². The number of amides is 2. The highest BCUT2D eigenvalue weighted by Crippen LogP contribution is 2.23. The molecule has 0 aromatic heterocycles. The Hall–Kier alpha value is -3.91. The second-order valence-corrected chi connectivity index (χ2v) is 8.73. The first-order chi connectivity index (χ1) is 16.5. The maximum atomic E-state index is 13.0. The monoisotopic (exact) mass is 457 g/mol. The summed E-state index contributed by atoms with van der Waals surface area (Å²) in [6, 6.07) is 20.9. The molecule has 2 heterocycles. The predicted molar refractivity (Wildman–Crippen MR) is 131 cm³/mol. The standard InChI is InChI=1S/C26H27N5O3/c27-24(28)19-7-9-22(10-8-19)31-17-23(34-26(31)33)16-29-11-13-30(14-12-29)25(32)21-6-5-18-3-1-2-4-20(18)15-21/h1-10,15,23H,11-14,16-17H2,(H3,27,28). The van der Waals surface area contributed by atoms with Crippen LogP contribution in [0.3, 0.4) is 0 Å². The summed E-state index contributed by atoms with van der Waals surface area (Å²) < 4.78 is 5.59. The van der Waals surface area contributed by atoms with E-state index in [9.17, 15) is 9.59 Å². The van der Waals surface area contributed by atoms with Gasteiger partial charge >= 0.3 is 6.09 Å². The molecule has 1 atom stereocenters. The number of cyclic esters (lactones) is 1. The minimum absolute atomic E-state index is 0.00772. The molecule has 1 unspecified atom stereocenters. The van der Waals surface area contributed by atoms with Crippen molar-refractivity contribution in [1.82, 2.24) is 9.80 Å². The Morgan fingerprint density at radius 1 is 0.941 bits per heavy atom. The number of nitrogen functional groups attached to an aromatic ring is 1. The molecule has 0 bridgehead atoms. The zero-order valence-corrected chi connectivity index (χ0v) is 18.8. The highest BCUT2D eigenvalue weighted by Gasteiger charge is 2.34. The zero-order valence-electron chi connectivity index (χ0n) is 18.8. The van der Waals surface area contributed by atoms with Crippen molar-refractivity contribution >= 4 is 34.3 Å². The van der Waals surface area contributed by atoms with E-state index in [4.69, 9.17) is 15.9 Å². The van der Waals surface area contributed by atoms with Crippen molar-refractivity contribution in [2.45, 2.75) is 6.10 Å². The molecule has 2 amide bonds. The van der Waals surface area contributed by atoms with E-state index in [1.807, 2.05) is 47.4 Å². The van der Waals surface area contributed by atoms with Crippen molar-refractivity contribution in [3.8, 4) is 0 Å². The average Bonchev–Trinajstić information content (AvgIpc) is 3.23. The van der Waals surface area contributed by atoms with E-state index in [1.54, 1.807) is 29.2 Å². The van der Waals surface area contributed by atoms with Crippen molar-refractivity contribution in [2.75, 3.05) is 44.2 Å². The van der Waals surface area contributed by atoms with Gasteiger partial charge in [-0.2, -0.15) is 0 Å². The normalized spacial score (nSPS) is 18.8. The van der Waals surface area contributed by atoms with Crippen LogP contribution in [0.4, 0.5) is 10.5 Å². The van der Waals surface area contributed by atoms with Crippen LogP contribution in [0.2, 0.25) is 0 Å². The third kappa shape index (κ3) is 4.45. The highest BCUT2D eigenvalue weighted by molar-refractivity contribution is 5.99. The number of amidine groups is 1. The molecule has 8 nitrogen and oxygen atoms in total. The van der Waals surface area contributed by atoms with Gasteiger partial charge in [0, 0.05) is 49.5 Å². The van der Waals surface area contributed by atoms with Crippen LogP contribution in [0.1, 0.15) is 15.9 Å². The molecule has 3 aromatic carbocycles. The van der Waals surface area contributed by atoms with E-state index in [2.05, 4.69) is 4.90 Å². The van der Waals surface area contributed by atoms with Gasteiger partial charge in [0.1, 0.15) is 11.9 Å². The Balaban J connectivity index is 1.15. The first-order valence-electron chi connectivity index (χ1n) is 11.4. The van der Waals surface area contributed by atoms with Crippen molar-refractivity contribution in [3.63, 3.8) is 0 Å². The molecule has 5 rings (SSSR count). The highest BCUT2D eigenvalue weighted by atomic mass is 16.6. The smallest absolute Gasteiger partial charge is 0.414 e. The summed E-state index contributed by atoms with van der Waals surface area (Å²) in [6.45, 7) is 3.85. The number of ether oxygens (including phenoxy) is 1. The van der Waals surface area contributed by atoms with Crippen LogP contribution in [0.25, 0.3) is 10.8 Å². The number of anilines is 1.